The number of sulfonamides is 1. The van der Waals surface area contributed by atoms with Gasteiger partial charge < -0.3 is 5.73 Å². The van der Waals surface area contributed by atoms with E-state index in [1.54, 1.807) is 19.1 Å². The Hall–Kier alpha value is -0.330. The molecule has 1 aliphatic carbocycles. The van der Waals surface area contributed by atoms with Crippen LogP contribution in [0.25, 0.3) is 0 Å². The summed E-state index contributed by atoms with van der Waals surface area (Å²) < 4.78 is 27.8. The number of nitrogens with two attached hydrogens (primary N) is 1. The van der Waals surface area contributed by atoms with E-state index in [-0.39, 0.29) is 29.3 Å². The minimum atomic E-state index is -3.59. The van der Waals surface area contributed by atoms with Crippen LogP contribution < -0.4 is 10.5 Å². The van der Waals surface area contributed by atoms with Gasteiger partial charge >= 0.3 is 0 Å². The number of hydrogen-bond donors (Lipinski definition) is 2. The Balaban J connectivity index is 0.00000220. The number of rotatable bonds is 4. The maximum Gasteiger partial charge on any atom is 0.242 e. The van der Waals surface area contributed by atoms with E-state index in [4.69, 9.17) is 17.3 Å². The average Bonchev–Trinajstić information content (AvgIpc) is 2.42. The van der Waals surface area contributed by atoms with Gasteiger partial charge in [0.25, 0.3) is 0 Å². The maximum absolute atomic E-state index is 12.5. The second-order valence-corrected chi connectivity index (χ2v) is 7.46. The van der Waals surface area contributed by atoms with Crippen LogP contribution in [0.3, 0.4) is 0 Å². The van der Waals surface area contributed by atoms with Gasteiger partial charge in [-0.25, -0.2) is 13.1 Å². The standard InChI is InChI=1S/C14H21ClN2O2S.ClH/c1-10-5-4-8-13(14(10)15)20(18,19)17-12-7-3-2-6-11(12)9-16;/h4-5,8,11-12,17H,2-3,6-7,9,16H2,1H3;1H. The molecule has 2 rings (SSSR count). The van der Waals surface area contributed by atoms with Crippen LogP contribution in [0.1, 0.15) is 31.2 Å². The molecule has 1 aliphatic rings. The molecule has 2 unspecified atom stereocenters. The molecular formula is C14H22Cl2N2O2S. The van der Waals surface area contributed by atoms with Gasteiger partial charge in [-0.15, -0.1) is 12.4 Å². The van der Waals surface area contributed by atoms with Crippen LogP contribution in [0.2, 0.25) is 5.02 Å². The number of aryl methyl sites for hydroxylation is 1. The molecule has 120 valence electrons. The first-order chi connectivity index (χ1) is 9.45. The molecule has 0 radical (unpaired) electrons. The van der Waals surface area contributed by atoms with Crippen LogP contribution >= 0.6 is 24.0 Å². The van der Waals surface area contributed by atoms with Crippen molar-refractivity contribution >= 4 is 34.0 Å². The summed E-state index contributed by atoms with van der Waals surface area (Å²) in [7, 11) is -3.59. The Morgan fingerprint density at radius 3 is 2.67 bits per heavy atom. The molecule has 0 heterocycles. The van der Waals surface area contributed by atoms with Crippen LogP contribution in [0, 0.1) is 12.8 Å². The quantitative estimate of drug-likeness (QED) is 0.874. The van der Waals surface area contributed by atoms with Gasteiger partial charge in [0.2, 0.25) is 10.0 Å². The van der Waals surface area contributed by atoms with Crippen molar-refractivity contribution in [2.75, 3.05) is 6.54 Å². The van der Waals surface area contributed by atoms with Gasteiger partial charge in [0.15, 0.2) is 0 Å². The Labute approximate surface area is 137 Å². The SMILES string of the molecule is Cc1cccc(S(=O)(=O)NC2CCCCC2CN)c1Cl.Cl. The number of halogens is 2. The van der Waals surface area contributed by atoms with E-state index in [1.807, 2.05) is 0 Å². The molecule has 1 aromatic carbocycles. The van der Waals surface area contributed by atoms with Crippen molar-refractivity contribution in [1.29, 1.82) is 0 Å². The first-order valence-corrected chi connectivity index (χ1v) is 8.79. The molecule has 1 aromatic rings. The van der Waals surface area contributed by atoms with Crippen LogP contribution in [-0.2, 0) is 10.0 Å². The predicted octanol–water partition coefficient (Wildman–Crippen LogP) is 2.87. The fraction of sp³-hybridized carbons (Fsp3) is 0.571. The van der Waals surface area contributed by atoms with E-state index in [1.165, 1.54) is 6.07 Å². The zero-order valence-electron chi connectivity index (χ0n) is 12.0. The summed E-state index contributed by atoms with van der Waals surface area (Å²) in [6.45, 7) is 2.30. The second-order valence-electron chi connectivity index (χ2n) is 5.40. The number of nitrogens with one attached hydrogen (secondary N) is 1. The van der Waals surface area contributed by atoms with E-state index < -0.39 is 10.0 Å². The molecule has 0 bridgehead atoms. The van der Waals surface area contributed by atoms with E-state index in [0.717, 1.165) is 31.2 Å². The summed E-state index contributed by atoms with van der Waals surface area (Å²) in [6.07, 6.45) is 3.96. The molecule has 0 aromatic heterocycles. The molecule has 7 heteroatoms. The van der Waals surface area contributed by atoms with Gasteiger partial charge in [0, 0.05) is 6.04 Å². The summed E-state index contributed by atoms with van der Waals surface area (Å²) in [5.41, 5.74) is 6.50. The van der Waals surface area contributed by atoms with Crippen molar-refractivity contribution in [1.82, 2.24) is 4.72 Å². The molecule has 0 saturated heterocycles. The van der Waals surface area contributed by atoms with Crippen LogP contribution in [0.4, 0.5) is 0 Å². The lowest BCUT2D eigenvalue weighted by Gasteiger charge is -2.31. The molecule has 3 N–H and O–H groups in total. The summed E-state index contributed by atoms with van der Waals surface area (Å²) in [5.74, 6) is 0.210. The van der Waals surface area contributed by atoms with Crippen molar-refractivity contribution in [2.45, 2.75) is 43.5 Å². The largest absolute Gasteiger partial charge is 0.330 e. The third-order valence-corrected chi connectivity index (χ3v) is 6.11. The van der Waals surface area contributed by atoms with E-state index in [0.29, 0.717) is 11.6 Å². The van der Waals surface area contributed by atoms with Gasteiger partial charge in [-0.05, 0) is 43.9 Å². The normalized spacial score (nSPS) is 22.6. The van der Waals surface area contributed by atoms with Crippen molar-refractivity contribution in [3.05, 3.63) is 28.8 Å². The molecule has 0 amide bonds. The summed E-state index contributed by atoms with van der Waals surface area (Å²) in [5, 5.41) is 0.292. The fourth-order valence-corrected chi connectivity index (χ4v) is 4.66. The Bertz CT molecular complexity index is 578. The highest BCUT2D eigenvalue weighted by Gasteiger charge is 2.29. The van der Waals surface area contributed by atoms with Gasteiger partial charge in [0.1, 0.15) is 4.90 Å². The highest BCUT2D eigenvalue weighted by atomic mass is 35.5. The molecule has 4 nitrogen and oxygen atoms in total. The highest BCUT2D eigenvalue weighted by molar-refractivity contribution is 7.89. The summed E-state index contributed by atoms with van der Waals surface area (Å²) >= 11 is 6.12. The molecule has 2 atom stereocenters. The first-order valence-electron chi connectivity index (χ1n) is 6.93. The molecule has 1 fully saturated rings. The third kappa shape index (κ3) is 4.33. The van der Waals surface area contributed by atoms with Crippen LogP contribution in [0.5, 0.6) is 0 Å². The molecule has 1 saturated carbocycles. The zero-order chi connectivity index (χ0) is 14.8. The van der Waals surface area contributed by atoms with Gasteiger partial charge in [-0.1, -0.05) is 36.6 Å². The van der Waals surface area contributed by atoms with Crippen LogP contribution in [0.15, 0.2) is 23.1 Å². The fourth-order valence-electron chi connectivity index (χ4n) is 2.74. The lowest BCUT2D eigenvalue weighted by molar-refractivity contribution is 0.296. The maximum atomic E-state index is 12.5. The number of benzene rings is 1. The Morgan fingerprint density at radius 1 is 1.33 bits per heavy atom. The average molecular weight is 353 g/mol. The molecule has 0 aliphatic heterocycles. The smallest absolute Gasteiger partial charge is 0.242 e. The van der Waals surface area contributed by atoms with Gasteiger partial charge in [-0.2, -0.15) is 0 Å². The van der Waals surface area contributed by atoms with Crippen molar-refractivity contribution < 1.29 is 8.42 Å². The van der Waals surface area contributed by atoms with Gasteiger partial charge in [-0.3, -0.25) is 0 Å². The molecule has 0 spiro atoms. The van der Waals surface area contributed by atoms with Crippen molar-refractivity contribution in [3.63, 3.8) is 0 Å². The minimum Gasteiger partial charge on any atom is -0.330 e. The lowest BCUT2D eigenvalue weighted by Crippen LogP contribution is -2.44. The van der Waals surface area contributed by atoms with Crippen LogP contribution in [-0.4, -0.2) is 21.0 Å². The Kier molecular flexibility index (Phi) is 6.94. The summed E-state index contributed by atoms with van der Waals surface area (Å²) in [6, 6.07) is 4.95. The summed E-state index contributed by atoms with van der Waals surface area (Å²) in [4.78, 5) is 0.153. The second kappa shape index (κ2) is 7.79. The lowest BCUT2D eigenvalue weighted by atomic mass is 9.85. The third-order valence-electron chi connectivity index (χ3n) is 3.96. The molecular weight excluding hydrogens is 331 g/mol. The van der Waals surface area contributed by atoms with Crippen molar-refractivity contribution in [2.24, 2.45) is 11.7 Å². The minimum absolute atomic E-state index is 0. The zero-order valence-corrected chi connectivity index (χ0v) is 14.4. The molecule has 21 heavy (non-hydrogen) atoms. The predicted molar refractivity (Wildman–Crippen MR) is 88.6 cm³/mol. The van der Waals surface area contributed by atoms with Gasteiger partial charge in [0.05, 0.1) is 5.02 Å². The van der Waals surface area contributed by atoms with E-state index >= 15 is 0 Å². The Morgan fingerprint density at radius 2 is 2.00 bits per heavy atom. The number of hydrogen-bond acceptors (Lipinski definition) is 3. The first kappa shape index (κ1) is 18.7. The van der Waals surface area contributed by atoms with E-state index in [9.17, 15) is 8.42 Å². The topological polar surface area (TPSA) is 72.2 Å². The van der Waals surface area contributed by atoms with E-state index in [2.05, 4.69) is 4.72 Å². The highest BCUT2D eigenvalue weighted by Crippen LogP contribution is 2.28. The monoisotopic (exact) mass is 352 g/mol. The van der Waals surface area contributed by atoms with Crippen molar-refractivity contribution in [3.8, 4) is 0 Å².